The molecule has 1 saturated carbocycles. The molecule has 3 rings (SSSR count). The highest BCUT2D eigenvalue weighted by Gasteiger charge is 2.47. The van der Waals surface area contributed by atoms with Gasteiger partial charge in [-0.1, -0.05) is 6.07 Å². The Bertz CT molecular complexity index is 730. The Labute approximate surface area is 139 Å². The molecule has 3 atom stereocenters. The van der Waals surface area contributed by atoms with Gasteiger partial charge in [-0.3, -0.25) is 10.1 Å². The lowest BCUT2D eigenvalue weighted by Gasteiger charge is -2.18. The molecule has 3 unspecified atom stereocenters. The predicted molar refractivity (Wildman–Crippen MR) is 83.3 cm³/mol. The van der Waals surface area contributed by atoms with Gasteiger partial charge in [0.2, 0.25) is 0 Å². The maximum atomic E-state index is 14.0. The van der Waals surface area contributed by atoms with Gasteiger partial charge in [0, 0.05) is 25.2 Å². The van der Waals surface area contributed by atoms with Crippen LogP contribution in [0.3, 0.4) is 0 Å². The van der Waals surface area contributed by atoms with E-state index in [-0.39, 0.29) is 43.4 Å². The van der Waals surface area contributed by atoms with Crippen molar-refractivity contribution < 1.29 is 17.7 Å². The van der Waals surface area contributed by atoms with Crippen LogP contribution in [0.2, 0.25) is 0 Å². The minimum atomic E-state index is -4.25. The number of nitrogens with two attached hydrogens (primary N) is 1. The number of nitrogens with zero attached hydrogens (tertiary/aromatic N) is 2. The number of halogens is 2. The zero-order valence-corrected chi connectivity index (χ0v) is 13.7. The monoisotopic (exact) mass is 365 g/mol. The molecular formula is C13H17ClFN3O4S. The molecule has 23 heavy (non-hydrogen) atoms. The number of hydrogen-bond acceptors (Lipinski definition) is 5. The fourth-order valence-corrected chi connectivity index (χ4v) is 5.22. The van der Waals surface area contributed by atoms with E-state index in [1.165, 1.54) is 0 Å². The second-order valence-electron chi connectivity index (χ2n) is 5.83. The Kier molecular flexibility index (Phi) is 4.95. The molecule has 7 nitrogen and oxygen atoms in total. The van der Waals surface area contributed by atoms with Crippen LogP contribution in [0.4, 0.5) is 10.1 Å². The second kappa shape index (κ2) is 6.31. The van der Waals surface area contributed by atoms with E-state index in [4.69, 9.17) is 5.73 Å². The van der Waals surface area contributed by atoms with Gasteiger partial charge in [0.15, 0.2) is 4.90 Å². The van der Waals surface area contributed by atoms with Gasteiger partial charge in [-0.05, 0) is 30.7 Å². The number of fused-ring (bicyclic) bond motifs is 1. The van der Waals surface area contributed by atoms with Crippen molar-refractivity contribution in [2.45, 2.75) is 23.8 Å². The zero-order valence-electron chi connectivity index (χ0n) is 12.1. The summed E-state index contributed by atoms with van der Waals surface area (Å²) >= 11 is 0. The van der Waals surface area contributed by atoms with Gasteiger partial charge in [0.25, 0.3) is 15.7 Å². The van der Waals surface area contributed by atoms with E-state index in [0.717, 1.165) is 35.3 Å². The molecule has 1 heterocycles. The summed E-state index contributed by atoms with van der Waals surface area (Å²) in [7, 11) is -4.25. The van der Waals surface area contributed by atoms with Gasteiger partial charge in [0.1, 0.15) is 5.82 Å². The molecule has 1 aliphatic carbocycles. The topological polar surface area (TPSA) is 107 Å². The van der Waals surface area contributed by atoms with Gasteiger partial charge >= 0.3 is 0 Å². The Morgan fingerprint density at radius 1 is 1.30 bits per heavy atom. The van der Waals surface area contributed by atoms with Crippen LogP contribution in [-0.2, 0) is 10.0 Å². The van der Waals surface area contributed by atoms with E-state index in [2.05, 4.69) is 0 Å². The van der Waals surface area contributed by atoms with Crippen molar-refractivity contribution in [3.63, 3.8) is 0 Å². The van der Waals surface area contributed by atoms with Crippen LogP contribution in [-0.4, -0.2) is 36.8 Å². The van der Waals surface area contributed by atoms with Crippen molar-refractivity contribution >= 4 is 28.1 Å². The van der Waals surface area contributed by atoms with Crippen LogP contribution < -0.4 is 5.73 Å². The third kappa shape index (κ3) is 2.93. The lowest BCUT2D eigenvalue weighted by atomic mass is 9.98. The molecule has 128 valence electrons. The normalized spacial score (nSPS) is 27.5. The third-order valence-corrected chi connectivity index (χ3v) is 6.52. The number of rotatable bonds is 3. The lowest BCUT2D eigenvalue weighted by Crippen LogP contribution is -2.34. The van der Waals surface area contributed by atoms with Gasteiger partial charge in [-0.25, -0.2) is 12.8 Å². The van der Waals surface area contributed by atoms with Crippen molar-refractivity contribution in [2.24, 2.45) is 17.6 Å². The van der Waals surface area contributed by atoms with E-state index >= 15 is 0 Å². The molecule has 1 aliphatic heterocycles. The Hall–Kier alpha value is -1.29. The predicted octanol–water partition coefficient (Wildman–Crippen LogP) is 1.51. The highest BCUT2D eigenvalue weighted by molar-refractivity contribution is 7.89. The third-order valence-electron chi connectivity index (χ3n) is 4.62. The Morgan fingerprint density at radius 2 is 2.00 bits per heavy atom. The van der Waals surface area contributed by atoms with Crippen LogP contribution in [0.1, 0.15) is 12.8 Å². The van der Waals surface area contributed by atoms with E-state index in [9.17, 15) is 22.9 Å². The molecule has 1 saturated heterocycles. The van der Waals surface area contributed by atoms with Gasteiger partial charge < -0.3 is 5.73 Å². The quantitative estimate of drug-likeness (QED) is 0.645. The fraction of sp³-hybridized carbons (Fsp3) is 0.538. The smallest absolute Gasteiger partial charge is 0.292 e. The second-order valence-corrected chi connectivity index (χ2v) is 7.71. The summed E-state index contributed by atoms with van der Waals surface area (Å²) in [5.41, 5.74) is 5.23. The molecule has 0 aromatic heterocycles. The van der Waals surface area contributed by atoms with Crippen LogP contribution in [0.5, 0.6) is 0 Å². The maximum Gasteiger partial charge on any atom is 0.292 e. The van der Waals surface area contributed by atoms with E-state index in [0.29, 0.717) is 0 Å². The number of benzene rings is 1. The summed E-state index contributed by atoms with van der Waals surface area (Å²) in [6.45, 7) is 0.436. The first-order valence-electron chi connectivity index (χ1n) is 7.01. The lowest BCUT2D eigenvalue weighted by molar-refractivity contribution is -0.388. The van der Waals surface area contributed by atoms with Crippen molar-refractivity contribution in [2.75, 3.05) is 13.1 Å². The molecule has 1 aromatic carbocycles. The molecule has 10 heteroatoms. The summed E-state index contributed by atoms with van der Waals surface area (Å²) in [5.74, 6) is -0.910. The number of nitro groups is 1. The zero-order chi connectivity index (χ0) is 16.1. The average molecular weight is 366 g/mol. The molecule has 0 radical (unpaired) electrons. The SMILES string of the molecule is Cl.NC1CCC2CN(S(=O)(=O)c3c(F)cccc3[N+](=O)[O-])CC12. The number of nitro benzene ring substituents is 1. The maximum absolute atomic E-state index is 14.0. The van der Waals surface area contributed by atoms with E-state index in [1.54, 1.807) is 0 Å². The molecule has 2 fully saturated rings. The molecule has 2 aliphatic rings. The van der Waals surface area contributed by atoms with Gasteiger partial charge in [0.05, 0.1) is 4.92 Å². The number of hydrogen-bond donors (Lipinski definition) is 1. The van der Waals surface area contributed by atoms with E-state index < -0.39 is 31.3 Å². The summed E-state index contributed by atoms with van der Waals surface area (Å²) in [6.07, 6.45) is 1.68. The minimum Gasteiger partial charge on any atom is -0.327 e. The highest BCUT2D eigenvalue weighted by Crippen LogP contribution is 2.40. The fourth-order valence-electron chi connectivity index (χ4n) is 3.49. The molecule has 0 spiro atoms. The van der Waals surface area contributed by atoms with Crippen molar-refractivity contribution in [3.8, 4) is 0 Å². The van der Waals surface area contributed by atoms with Gasteiger partial charge in [-0.2, -0.15) is 4.31 Å². The summed E-state index contributed by atoms with van der Waals surface area (Å²) < 4.78 is 40.4. The highest BCUT2D eigenvalue weighted by atomic mass is 35.5. The summed E-state index contributed by atoms with van der Waals surface area (Å²) in [6, 6.07) is 2.98. The molecule has 1 aromatic rings. The Balaban J connectivity index is 0.00000192. The van der Waals surface area contributed by atoms with Crippen molar-refractivity contribution in [1.29, 1.82) is 0 Å². The standard InChI is InChI=1S/C13H16FN3O4S.ClH/c14-10-2-1-3-12(17(18)19)13(10)22(20,21)16-6-8-4-5-11(15)9(8)7-16;/h1-3,8-9,11H,4-7,15H2;1H. The first-order chi connectivity index (χ1) is 10.3. The van der Waals surface area contributed by atoms with Crippen molar-refractivity contribution in [3.05, 3.63) is 34.1 Å². The van der Waals surface area contributed by atoms with Crippen LogP contribution in [0.25, 0.3) is 0 Å². The van der Waals surface area contributed by atoms with Crippen molar-refractivity contribution in [1.82, 2.24) is 4.31 Å². The molecule has 0 amide bonds. The molecular weight excluding hydrogens is 349 g/mol. The van der Waals surface area contributed by atoms with Crippen LogP contribution >= 0.6 is 12.4 Å². The summed E-state index contributed by atoms with van der Waals surface area (Å²) in [5, 5.41) is 11.0. The molecule has 0 bridgehead atoms. The summed E-state index contributed by atoms with van der Waals surface area (Å²) in [4.78, 5) is 9.29. The minimum absolute atomic E-state index is 0. The first-order valence-corrected chi connectivity index (χ1v) is 8.45. The number of sulfonamides is 1. The van der Waals surface area contributed by atoms with Crippen LogP contribution in [0, 0.1) is 27.8 Å². The van der Waals surface area contributed by atoms with Crippen LogP contribution in [0.15, 0.2) is 23.1 Å². The average Bonchev–Trinajstić information content (AvgIpc) is 3.01. The molecule has 2 N–H and O–H groups in total. The van der Waals surface area contributed by atoms with Gasteiger partial charge in [-0.15, -0.1) is 12.4 Å². The largest absolute Gasteiger partial charge is 0.327 e. The first kappa shape index (κ1) is 18.1. The van der Waals surface area contributed by atoms with E-state index in [1.807, 2.05) is 0 Å². The Morgan fingerprint density at radius 3 is 2.61 bits per heavy atom.